The van der Waals surface area contributed by atoms with Crippen molar-refractivity contribution in [2.45, 2.75) is 25.0 Å². The molecule has 2 aromatic carbocycles. The highest BCUT2D eigenvalue weighted by Crippen LogP contribution is 2.38. The van der Waals surface area contributed by atoms with Crippen molar-refractivity contribution in [2.75, 3.05) is 19.7 Å². The van der Waals surface area contributed by atoms with Crippen molar-refractivity contribution in [1.29, 1.82) is 0 Å². The van der Waals surface area contributed by atoms with Gasteiger partial charge in [-0.1, -0.05) is 23.7 Å². The van der Waals surface area contributed by atoms with Gasteiger partial charge >= 0.3 is 0 Å². The summed E-state index contributed by atoms with van der Waals surface area (Å²) in [6, 6.07) is 16.5. The molecule has 0 saturated heterocycles. The van der Waals surface area contributed by atoms with Crippen molar-refractivity contribution >= 4 is 34.8 Å². The summed E-state index contributed by atoms with van der Waals surface area (Å²) in [6.07, 6.45) is 4.35. The van der Waals surface area contributed by atoms with E-state index in [4.69, 9.17) is 16.3 Å². The minimum atomic E-state index is -0.739. The summed E-state index contributed by atoms with van der Waals surface area (Å²) in [7, 11) is 0. The first-order valence-corrected chi connectivity index (χ1v) is 12.5. The van der Waals surface area contributed by atoms with Crippen molar-refractivity contribution in [3.05, 3.63) is 94.4 Å². The lowest BCUT2D eigenvalue weighted by Gasteiger charge is -2.33. The van der Waals surface area contributed by atoms with Gasteiger partial charge in [0.2, 0.25) is 6.41 Å². The number of aromatic amines is 1. The topological polar surface area (TPSA) is 108 Å². The fraction of sp³-hybridized carbons (Fsp3) is 0.250. The summed E-state index contributed by atoms with van der Waals surface area (Å²) in [6.45, 7) is 1.03. The number of H-pyrrole nitrogens is 1. The van der Waals surface area contributed by atoms with Gasteiger partial charge in [0.25, 0.3) is 5.91 Å². The quantitative estimate of drug-likeness (QED) is 0.291. The molecule has 3 N–H and O–H groups in total. The number of amides is 2. The average Bonchev–Trinajstić information content (AvgIpc) is 3.30. The van der Waals surface area contributed by atoms with Crippen LogP contribution in [0.3, 0.4) is 0 Å². The smallest absolute Gasteiger partial charge is 0.252 e. The maximum absolute atomic E-state index is 12.1. The molecule has 0 saturated carbocycles. The highest BCUT2D eigenvalue weighted by Gasteiger charge is 2.31. The van der Waals surface area contributed by atoms with Crippen molar-refractivity contribution in [2.24, 2.45) is 0 Å². The predicted molar refractivity (Wildman–Crippen MR) is 141 cm³/mol. The molecule has 8 nitrogen and oxygen atoms in total. The van der Waals surface area contributed by atoms with E-state index in [1.54, 1.807) is 23.2 Å². The number of pyridine rings is 1. The van der Waals surface area contributed by atoms with Gasteiger partial charge in [0.05, 0.1) is 24.3 Å². The number of aliphatic hydroxyl groups is 1. The van der Waals surface area contributed by atoms with Crippen LogP contribution in [0.15, 0.2) is 67.0 Å². The van der Waals surface area contributed by atoms with E-state index in [-0.39, 0.29) is 18.5 Å². The summed E-state index contributed by atoms with van der Waals surface area (Å²) in [4.78, 5) is 33.2. The summed E-state index contributed by atoms with van der Waals surface area (Å²) in [5.74, 6) is 0.379. The van der Waals surface area contributed by atoms with Crippen molar-refractivity contribution in [3.8, 4) is 5.75 Å². The standard InChI is InChI=1S/C28H27ClN4O4/c29-20-5-8-25-24(14-20)23-9-12-33(17-34)27(26(23)32-25)18-3-6-22(7-4-18)37-13-10-21(35)16-31-28(36)19-2-1-11-30-15-19/h1-8,11,14-15,17,21,27,32,35H,9-10,12-13,16H2,(H,31,36). The Bertz CT molecular complexity index is 1390. The number of carbonyl (C=O) groups is 2. The van der Waals surface area contributed by atoms with Crippen molar-refractivity contribution < 1.29 is 19.4 Å². The molecule has 0 radical (unpaired) electrons. The zero-order valence-corrected chi connectivity index (χ0v) is 20.8. The van der Waals surface area contributed by atoms with E-state index in [0.29, 0.717) is 35.9 Å². The van der Waals surface area contributed by atoms with Crippen LogP contribution in [0.5, 0.6) is 5.75 Å². The molecule has 0 spiro atoms. The molecule has 37 heavy (non-hydrogen) atoms. The second-order valence-corrected chi connectivity index (χ2v) is 9.45. The normalized spacial score (nSPS) is 15.7. The number of nitrogens with zero attached hydrogens (tertiary/aromatic N) is 2. The molecule has 0 bridgehead atoms. The Kier molecular flexibility index (Phi) is 7.39. The molecule has 0 aliphatic carbocycles. The number of benzene rings is 2. The van der Waals surface area contributed by atoms with Crippen molar-refractivity contribution in [3.63, 3.8) is 0 Å². The minimum Gasteiger partial charge on any atom is -0.493 e. The van der Waals surface area contributed by atoms with Crippen LogP contribution in [0.2, 0.25) is 5.02 Å². The second-order valence-electron chi connectivity index (χ2n) is 9.01. The molecular formula is C28H27ClN4O4. The SMILES string of the molecule is O=CN1CCc2c([nH]c3ccc(Cl)cc23)C1c1ccc(OCCC(O)CNC(=O)c2cccnc2)cc1. The molecule has 190 valence electrons. The minimum absolute atomic E-state index is 0.122. The lowest BCUT2D eigenvalue weighted by atomic mass is 9.93. The van der Waals surface area contributed by atoms with E-state index >= 15 is 0 Å². The monoisotopic (exact) mass is 518 g/mol. The predicted octanol–water partition coefficient (Wildman–Crippen LogP) is 3.88. The Morgan fingerprint density at radius 1 is 1.27 bits per heavy atom. The largest absolute Gasteiger partial charge is 0.493 e. The number of nitrogens with one attached hydrogen (secondary N) is 2. The third-order valence-electron chi connectivity index (χ3n) is 6.60. The molecule has 1 aliphatic heterocycles. The van der Waals surface area contributed by atoms with Crippen LogP contribution in [-0.4, -0.2) is 58.1 Å². The van der Waals surface area contributed by atoms with Gasteiger partial charge in [0, 0.05) is 53.5 Å². The lowest BCUT2D eigenvalue weighted by Crippen LogP contribution is -2.35. The molecule has 4 aromatic rings. The number of carbonyl (C=O) groups excluding carboxylic acids is 2. The molecule has 0 fully saturated rings. The zero-order chi connectivity index (χ0) is 25.8. The summed E-state index contributed by atoms with van der Waals surface area (Å²) in [5, 5.41) is 14.7. The number of hydrogen-bond acceptors (Lipinski definition) is 5. The first kappa shape index (κ1) is 24.8. The molecule has 3 heterocycles. The number of fused-ring (bicyclic) bond motifs is 3. The number of aromatic nitrogens is 2. The van der Waals surface area contributed by atoms with Crippen LogP contribution in [-0.2, 0) is 11.2 Å². The molecule has 2 unspecified atom stereocenters. The van der Waals surface area contributed by atoms with E-state index in [1.807, 2.05) is 42.5 Å². The first-order chi connectivity index (χ1) is 18.0. The van der Waals surface area contributed by atoms with Gasteiger partial charge in [-0.2, -0.15) is 0 Å². The van der Waals surface area contributed by atoms with E-state index in [2.05, 4.69) is 15.3 Å². The maximum Gasteiger partial charge on any atom is 0.252 e. The third-order valence-corrected chi connectivity index (χ3v) is 6.83. The Balaban J connectivity index is 1.20. The maximum atomic E-state index is 12.1. The van der Waals surface area contributed by atoms with Crippen LogP contribution in [0, 0.1) is 0 Å². The van der Waals surface area contributed by atoms with Gasteiger partial charge in [-0.25, -0.2) is 0 Å². The Morgan fingerprint density at radius 3 is 2.86 bits per heavy atom. The first-order valence-electron chi connectivity index (χ1n) is 12.1. The van der Waals surface area contributed by atoms with Gasteiger partial charge in [-0.3, -0.25) is 14.6 Å². The van der Waals surface area contributed by atoms with Crippen LogP contribution in [0.4, 0.5) is 0 Å². The Labute approximate surface area is 219 Å². The highest BCUT2D eigenvalue weighted by atomic mass is 35.5. The van der Waals surface area contributed by atoms with Gasteiger partial charge in [0.15, 0.2) is 0 Å². The molecular weight excluding hydrogens is 492 g/mol. The van der Waals surface area contributed by atoms with E-state index in [1.165, 1.54) is 11.8 Å². The molecule has 2 aromatic heterocycles. The number of hydrogen-bond donors (Lipinski definition) is 3. The summed E-state index contributed by atoms with van der Waals surface area (Å²) in [5.41, 5.74) is 4.60. The summed E-state index contributed by atoms with van der Waals surface area (Å²) < 4.78 is 5.81. The zero-order valence-electron chi connectivity index (χ0n) is 20.1. The number of rotatable bonds is 9. The Hall–Kier alpha value is -3.88. The van der Waals surface area contributed by atoms with Crippen LogP contribution in [0.1, 0.15) is 39.6 Å². The number of ether oxygens (including phenoxy) is 1. The van der Waals surface area contributed by atoms with Crippen LogP contribution in [0.25, 0.3) is 10.9 Å². The molecule has 2 atom stereocenters. The molecule has 9 heteroatoms. The van der Waals surface area contributed by atoms with Crippen LogP contribution < -0.4 is 10.1 Å². The molecule has 5 rings (SSSR count). The lowest BCUT2D eigenvalue weighted by molar-refractivity contribution is -0.120. The molecule has 2 amide bonds. The van der Waals surface area contributed by atoms with E-state index < -0.39 is 6.10 Å². The summed E-state index contributed by atoms with van der Waals surface area (Å²) >= 11 is 6.23. The van der Waals surface area contributed by atoms with Gasteiger partial charge in [0.1, 0.15) is 5.75 Å². The van der Waals surface area contributed by atoms with Gasteiger partial charge in [-0.05, 0) is 60.0 Å². The van der Waals surface area contributed by atoms with E-state index in [9.17, 15) is 14.7 Å². The fourth-order valence-electron chi connectivity index (χ4n) is 4.72. The third kappa shape index (κ3) is 5.45. The second kappa shape index (κ2) is 11.0. The highest BCUT2D eigenvalue weighted by molar-refractivity contribution is 6.31. The average molecular weight is 519 g/mol. The number of aliphatic hydroxyl groups excluding tert-OH is 1. The van der Waals surface area contributed by atoms with Gasteiger partial charge < -0.3 is 25.0 Å². The number of halogens is 1. The van der Waals surface area contributed by atoms with Gasteiger partial charge in [-0.15, -0.1) is 0 Å². The van der Waals surface area contributed by atoms with E-state index in [0.717, 1.165) is 35.0 Å². The van der Waals surface area contributed by atoms with Crippen molar-refractivity contribution in [1.82, 2.24) is 20.2 Å². The molecule has 1 aliphatic rings. The Morgan fingerprint density at radius 2 is 2.11 bits per heavy atom. The fourth-order valence-corrected chi connectivity index (χ4v) is 4.89. The van der Waals surface area contributed by atoms with Crippen LogP contribution >= 0.6 is 11.6 Å².